The second-order valence-electron chi connectivity index (χ2n) is 5.34. The van der Waals surface area contributed by atoms with Gasteiger partial charge in [-0.3, -0.25) is 0 Å². The molecule has 0 bridgehead atoms. The van der Waals surface area contributed by atoms with Gasteiger partial charge in [0.2, 0.25) is 0 Å². The van der Waals surface area contributed by atoms with Gasteiger partial charge in [-0.1, -0.05) is 13.0 Å². The second-order valence-corrected chi connectivity index (χ2v) is 5.34. The molecule has 1 saturated heterocycles. The highest BCUT2D eigenvalue weighted by atomic mass is 19.1. The minimum absolute atomic E-state index is 0.157. The van der Waals surface area contributed by atoms with Crippen molar-refractivity contribution >= 4 is 0 Å². The van der Waals surface area contributed by atoms with Gasteiger partial charge in [0.1, 0.15) is 5.82 Å². The Bertz CT molecular complexity index is 402. The van der Waals surface area contributed by atoms with Gasteiger partial charge in [0.15, 0.2) is 0 Å². The van der Waals surface area contributed by atoms with Crippen molar-refractivity contribution < 1.29 is 9.13 Å². The van der Waals surface area contributed by atoms with E-state index in [0.717, 1.165) is 31.6 Å². The summed E-state index contributed by atoms with van der Waals surface area (Å²) in [4.78, 5) is 0. The predicted molar refractivity (Wildman–Crippen MR) is 75.9 cm³/mol. The second kappa shape index (κ2) is 7.01. The lowest BCUT2D eigenvalue weighted by molar-refractivity contribution is -0.00711. The Labute approximate surface area is 115 Å². The van der Waals surface area contributed by atoms with Crippen LogP contribution in [0.2, 0.25) is 0 Å². The summed E-state index contributed by atoms with van der Waals surface area (Å²) in [7, 11) is 0. The molecule has 1 N–H and O–H groups in total. The van der Waals surface area contributed by atoms with Crippen LogP contribution in [0.3, 0.4) is 0 Å². The number of likely N-dealkylation sites (N-methyl/N-ethyl adjacent to an activating group) is 1. The largest absolute Gasteiger partial charge is 0.377 e. The fraction of sp³-hybridized carbons (Fsp3) is 0.625. The van der Waals surface area contributed by atoms with Crippen molar-refractivity contribution in [1.29, 1.82) is 0 Å². The SMILES string of the molecule is CCNC(Cc1ccc(F)cc1C)C1CCCCO1. The first kappa shape index (κ1) is 14.5. The average molecular weight is 265 g/mol. The molecule has 0 radical (unpaired) electrons. The predicted octanol–water partition coefficient (Wildman–Crippen LogP) is 3.22. The Kier molecular flexibility index (Phi) is 5.34. The Balaban J connectivity index is 2.06. The van der Waals surface area contributed by atoms with E-state index in [1.165, 1.54) is 18.4 Å². The number of hydrogen-bond acceptors (Lipinski definition) is 2. The van der Waals surface area contributed by atoms with Gasteiger partial charge in [0, 0.05) is 12.6 Å². The van der Waals surface area contributed by atoms with Gasteiger partial charge in [-0.2, -0.15) is 0 Å². The average Bonchev–Trinajstić information content (AvgIpc) is 2.42. The van der Waals surface area contributed by atoms with Gasteiger partial charge in [0.05, 0.1) is 6.10 Å². The molecule has 1 aliphatic rings. The molecule has 2 unspecified atom stereocenters. The molecule has 2 nitrogen and oxygen atoms in total. The summed E-state index contributed by atoms with van der Waals surface area (Å²) in [6.45, 7) is 5.90. The number of ether oxygens (including phenoxy) is 1. The molecule has 0 amide bonds. The molecule has 0 aliphatic carbocycles. The zero-order valence-corrected chi connectivity index (χ0v) is 11.9. The lowest BCUT2D eigenvalue weighted by atomic mass is 9.94. The first-order valence-electron chi connectivity index (χ1n) is 7.30. The molecular formula is C16H24FNO. The molecule has 0 saturated carbocycles. The van der Waals surface area contributed by atoms with Crippen LogP contribution in [0.4, 0.5) is 4.39 Å². The van der Waals surface area contributed by atoms with E-state index in [2.05, 4.69) is 12.2 Å². The Morgan fingerprint density at radius 1 is 1.42 bits per heavy atom. The van der Waals surface area contributed by atoms with Crippen molar-refractivity contribution in [2.75, 3.05) is 13.2 Å². The van der Waals surface area contributed by atoms with Crippen molar-refractivity contribution in [3.63, 3.8) is 0 Å². The zero-order valence-electron chi connectivity index (χ0n) is 11.9. The molecule has 3 heteroatoms. The maximum absolute atomic E-state index is 13.1. The van der Waals surface area contributed by atoms with Gasteiger partial charge >= 0.3 is 0 Å². The van der Waals surface area contributed by atoms with Crippen LogP contribution in [0.15, 0.2) is 18.2 Å². The number of halogens is 1. The highest BCUT2D eigenvalue weighted by molar-refractivity contribution is 5.27. The van der Waals surface area contributed by atoms with E-state index in [4.69, 9.17) is 4.74 Å². The summed E-state index contributed by atoms with van der Waals surface area (Å²) in [5, 5.41) is 3.52. The van der Waals surface area contributed by atoms with Crippen molar-refractivity contribution in [3.8, 4) is 0 Å². The van der Waals surface area contributed by atoms with Gasteiger partial charge in [-0.15, -0.1) is 0 Å². The van der Waals surface area contributed by atoms with Gasteiger partial charge in [-0.25, -0.2) is 4.39 Å². The summed E-state index contributed by atoms with van der Waals surface area (Å²) in [6, 6.07) is 5.39. The van der Waals surface area contributed by atoms with Crippen LogP contribution in [0.5, 0.6) is 0 Å². The molecule has 19 heavy (non-hydrogen) atoms. The third kappa shape index (κ3) is 4.02. The monoisotopic (exact) mass is 265 g/mol. The molecule has 2 atom stereocenters. The molecular weight excluding hydrogens is 241 g/mol. The van der Waals surface area contributed by atoms with Crippen LogP contribution >= 0.6 is 0 Å². The maximum atomic E-state index is 13.1. The summed E-state index contributed by atoms with van der Waals surface area (Å²) in [5.74, 6) is -0.157. The van der Waals surface area contributed by atoms with E-state index in [1.807, 2.05) is 13.0 Å². The van der Waals surface area contributed by atoms with E-state index in [0.29, 0.717) is 6.04 Å². The molecule has 1 fully saturated rings. The van der Waals surface area contributed by atoms with Crippen LogP contribution in [-0.4, -0.2) is 25.3 Å². The first-order valence-corrected chi connectivity index (χ1v) is 7.30. The minimum Gasteiger partial charge on any atom is -0.377 e. The van der Waals surface area contributed by atoms with Crippen LogP contribution in [0.25, 0.3) is 0 Å². The number of rotatable bonds is 5. The molecule has 0 spiro atoms. The molecule has 1 heterocycles. The van der Waals surface area contributed by atoms with E-state index in [1.54, 1.807) is 12.1 Å². The zero-order chi connectivity index (χ0) is 13.7. The van der Waals surface area contributed by atoms with E-state index >= 15 is 0 Å². The number of aryl methyl sites for hydroxylation is 1. The van der Waals surface area contributed by atoms with E-state index in [-0.39, 0.29) is 11.9 Å². The fourth-order valence-corrected chi connectivity index (χ4v) is 2.81. The van der Waals surface area contributed by atoms with Gasteiger partial charge < -0.3 is 10.1 Å². The van der Waals surface area contributed by atoms with Crippen LogP contribution in [0.1, 0.15) is 37.3 Å². The smallest absolute Gasteiger partial charge is 0.123 e. The standard InChI is InChI=1S/C16H24FNO/c1-3-18-15(16-6-4-5-9-19-16)11-13-7-8-14(17)10-12(13)2/h7-8,10,15-16,18H,3-6,9,11H2,1-2H3. The molecule has 1 aliphatic heterocycles. The van der Waals surface area contributed by atoms with Crippen molar-refractivity contribution in [2.45, 2.75) is 51.7 Å². The normalized spacial score (nSPS) is 21.3. The highest BCUT2D eigenvalue weighted by Gasteiger charge is 2.24. The fourth-order valence-electron chi connectivity index (χ4n) is 2.81. The molecule has 1 aromatic rings. The molecule has 0 aromatic heterocycles. The summed E-state index contributed by atoms with van der Waals surface area (Å²) in [5.41, 5.74) is 2.24. The van der Waals surface area contributed by atoms with Crippen molar-refractivity contribution in [2.24, 2.45) is 0 Å². The van der Waals surface area contributed by atoms with Crippen LogP contribution < -0.4 is 5.32 Å². The first-order chi connectivity index (χ1) is 9.20. The lowest BCUT2D eigenvalue weighted by Gasteiger charge is -2.31. The summed E-state index contributed by atoms with van der Waals surface area (Å²) >= 11 is 0. The highest BCUT2D eigenvalue weighted by Crippen LogP contribution is 2.20. The third-order valence-electron chi connectivity index (χ3n) is 3.87. The summed E-state index contributed by atoms with van der Waals surface area (Å²) in [6.07, 6.45) is 4.74. The Hall–Kier alpha value is -0.930. The molecule has 106 valence electrons. The van der Waals surface area contributed by atoms with E-state index in [9.17, 15) is 4.39 Å². The van der Waals surface area contributed by atoms with Gasteiger partial charge in [0.25, 0.3) is 0 Å². The third-order valence-corrected chi connectivity index (χ3v) is 3.87. The molecule has 2 rings (SSSR count). The minimum atomic E-state index is -0.157. The maximum Gasteiger partial charge on any atom is 0.123 e. The van der Waals surface area contributed by atoms with Crippen LogP contribution in [-0.2, 0) is 11.2 Å². The lowest BCUT2D eigenvalue weighted by Crippen LogP contribution is -2.44. The number of hydrogen-bond donors (Lipinski definition) is 1. The van der Waals surface area contributed by atoms with E-state index < -0.39 is 0 Å². The quantitative estimate of drug-likeness (QED) is 0.882. The Morgan fingerprint density at radius 3 is 2.89 bits per heavy atom. The summed E-state index contributed by atoms with van der Waals surface area (Å²) < 4.78 is 19.0. The van der Waals surface area contributed by atoms with Crippen molar-refractivity contribution in [1.82, 2.24) is 5.32 Å². The molecule has 1 aromatic carbocycles. The topological polar surface area (TPSA) is 21.3 Å². The van der Waals surface area contributed by atoms with Crippen LogP contribution in [0, 0.1) is 12.7 Å². The van der Waals surface area contributed by atoms with Crippen molar-refractivity contribution in [3.05, 3.63) is 35.1 Å². The Morgan fingerprint density at radius 2 is 2.26 bits per heavy atom. The number of nitrogens with one attached hydrogen (secondary N) is 1. The van der Waals surface area contributed by atoms with Gasteiger partial charge in [-0.05, 0) is 62.4 Å². The number of benzene rings is 1.